The van der Waals surface area contributed by atoms with Crippen LogP contribution in [0.1, 0.15) is 17.2 Å². The number of nitrogens with zero attached hydrogens (tertiary/aromatic N) is 1. The molecular formula is C16H15BrN2O3. The lowest BCUT2D eigenvalue weighted by molar-refractivity contribution is -0.129. The molecule has 6 heteroatoms. The van der Waals surface area contributed by atoms with Crippen LogP contribution < -0.4 is 10.2 Å². The van der Waals surface area contributed by atoms with E-state index in [2.05, 4.69) is 26.5 Å². The van der Waals surface area contributed by atoms with Gasteiger partial charge in [-0.2, -0.15) is 5.10 Å². The van der Waals surface area contributed by atoms with E-state index in [1.54, 1.807) is 55.6 Å². The number of halogens is 1. The molecule has 0 radical (unpaired) electrons. The van der Waals surface area contributed by atoms with Crippen LogP contribution >= 0.6 is 15.9 Å². The molecule has 5 nitrogen and oxygen atoms in total. The maximum Gasteiger partial charge on any atom is 0.273 e. The fourth-order valence-electron chi connectivity index (χ4n) is 1.72. The first kappa shape index (κ1) is 16.2. The highest BCUT2D eigenvalue weighted by molar-refractivity contribution is 9.10. The van der Waals surface area contributed by atoms with E-state index in [9.17, 15) is 9.90 Å². The van der Waals surface area contributed by atoms with E-state index >= 15 is 0 Å². The minimum atomic E-state index is -1.26. The standard InChI is InChI=1S/C16H15BrN2O3/c1-22-14-8-2-11(3-9-14)10-18-19-16(21)15(20)12-4-6-13(17)7-5-12/h2-10,15,20H,1H3,(H,19,21)/b18-10+. The minimum Gasteiger partial charge on any atom is -0.497 e. The van der Waals surface area contributed by atoms with Crippen molar-refractivity contribution < 1.29 is 14.6 Å². The number of rotatable bonds is 5. The van der Waals surface area contributed by atoms with Crippen molar-refractivity contribution in [2.24, 2.45) is 5.10 Å². The first-order chi connectivity index (χ1) is 10.6. The zero-order valence-electron chi connectivity index (χ0n) is 11.9. The zero-order chi connectivity index (χ0) is 15.9. The van der Waals surface area contributed by atoms with Gasteiger partial charge in [0, 0.05) is 4.47 Å². The number of methoxy groups -OCH3 is 1. The van der Waals surface area contributed by atoms with Gasteiger partial charge in [-0.25, -0.2) is 5.43 Å². The number of aliphatic hydroxyl groups is 1. The summed E-state index contributed by atoms with van der Waals surface area (Å²) in [6.45, 7) is 0. The van der Waals surface area contributed by atoms with Crippen molar-refractivity contribution in [3.63, 3.8) is 0 Å². The Kier molecular flexibility index (Phi) is 5.68. The number of carbonyl (C=O) groups excluding carboxylic acids is 1. The molecule has 1 unspecified atom stereocenters. The van der Waals surface area contributed by atoms with Crippen molar-refractivity contribution >= 4 is 28.1 Å². The first-order valence-corrected chi connectivity index (χ1v) is 7.30. The van der Waals surface area contributed by atoms with Gasteiger partial charge in [-0.1, -0.05) is 28.1 Å². The quantitative estimate of drug-likeness (QED) is 0.634. The maximum absolute atomic E-state index is 11.8. The van der Waals surface area contributed by atoms with E-state index in [4.69, 9.17) is 4.74 Å². The predicted octanol–water partition coefficient (Wildman–Crippen LogP) is 2.64. The highest BCUT2D eigenvalue weighted by Crippen LogP contribution is 2.16. The van der Waals surface area contributed by atoms with Crippen molar-refractivity contribution in [1.82, 2.24) is 5.43 Å². The molecule has 0 aliphatic carbocycles. The fraction of sp³-hybridized carbons (Fsp3) is 0.125. The van der Waals surface area contributed by atoms with Crippen molar-refractivity contribution in [3.8, 4) is 5.75 Å². The summed E-state index contributed by atoms with van der Waals surface area (Å²) in [5.74, 6) is 0.152. The van der Waals surface area contributed by atoms with Gasteiger partial charge in [0.2, 0.25) is 0 Å². The van der Waals surface area contributed by atoms with Gasteiger partial charge in [-0.15, -0.1) is 0 Å². The molecule has 2 rings (SSSR count). The molecule has 2 aromatic rings. The van der Waals surface area contributed by atoms with Gasteiger partial charge < -0.3 is 9.84 Å². The molecule has 2 aromatic carbocycles. The molecule has 0 fully saturated rings. The van der Waals surface area contributed by atoms with Gasteiger partial charge in [0.05, 0.1) is 13.3 Å². The van der Waals surface area contributed by atoms with Gasteiger partial charge in [0.15, 0.2) is 6.10 Å². The molecule has 0 bridgehead atoms. The van der Waals surface area contributed by atoms with Crippen molar-refractivity contribution in [3.05, 3.63) is 64.1 Å². The van der Waals surface area contributed by atoms with Crippen molar-refractivity contribution in [2.75, 3.05) is 7.11 Å². The molecule has 2 N–H and O–H groups in total. The van der Waals surface area contributed by atoms with Crippen LogP contribution in [0.3, 0.4) is 0 Å². The number of hydrazone groups is 1. The first-order valence-electron chi connectivity index (χ1n) is 6.50. The summed E-state index contributed by atoms with van der Waals surface area (Å²) < 4.78 is 5.93. The molecule has 0 aromatic heterocycles. The Morgan fingerprint density at radius 2 is 1.86 bits per heavy atom. The Hall–Kier alpha value is -2.18. The zero-order valence-corrected chi connectivity index (χ0v) is 13.4. The Balaban J connectivity index is 1.93. The number of hydrogen-bond acceptors (Lipinski definition) is 4. The molecular weight excluding hydrogens is 348 g/mol. The van der Waals surface area contributed by atoms with Crippen molar-refractivity contribution in [1.29, 1.82) is 0 Å². The van der Waals surface area contributed by atoms with Gasteiger partial charge in [0.25, 0.3) is 5.91 Å². The summed E-state index contributed by atoms with van der Waals surface area (Å²) in [7, 11) is 1.59. The monoisotopic (exact) mass is 362 g/mol. The number of carbonyl (C=O) groups is 1. The van der Waals surface area contributed by atoms with E-state index in [-0.39, 0.29) is 0 Å². The number of aliphatic hydroxyl groups excluding tert-OH is 1. The third kappa shape index (κ3) is 4.41. The third-order valence-corrected chi connectivity index (χ3v) is 3.47. The van der Waals surface area contributed by atoms with E-state index in [1.807, 2.05) is 0 Å². The van der Waals surface area contributed by atoms with Gasteiger partial charge in [-0.05, 0) is 47.5 Å². The lowest BCUT2D eigenvalue weighted by Gasteiger charge is -2.08. The molecule has 1 amide bonds. The summed E-state index contributed by atoms with van der Waals surface area (Å²) in [5.41, 5.74) is 3.62. The summed E-state index contributed by atoms with van der Waals surface area (Å²) in [5, 5.41) is 13.8. The Morgan fingerprint density at radius 3 is 2.45 bits per heavy atom. The molecule has 0 saturated carbocycles. The second kappa shape index (κ2) is 7.72. The van der Waals surface area contributed by atoms with Crippen LogP contribution in [-0.2, 0) is 4.79 Å². The lowest BCUT2D eigenvalue weighted by Crippen LogP contribution is -2.25. The van der Waals surface area contributed by atoms with Crippen LogP contribution in [0.4, 0.5) is 0 Å². The SMILES string of the molecule is COc1ccc(/C=N/NC(=O)C(O)c2ccc(Br)cc2)cc1. The van der Waals surface area contributed by atoms with Crippen LogP contribution in [0.15, 0.2) is 58.1 Å². The van der Waals surface area contributed by atoms with E-state index in [0.29, 0.717) is 5.56 Å². The van der Waals surface area contributed by atoms with Crippen LogP contribution in [0.2, 0.25) is 0 Å². The fourth-order valence-corrected chi connectivity index (χ4v) is 1.98. The summed E-state index contributed by atoms with van der Waals surface area (Å²) >= 11 is 3.30. The smallest absolute Gasteiger partial charge is 0.273 e. The van der Waals surface area contributed by atoms with E-state index in [0.717, 1.165) is 15.8 Å². The minimum absolute atomic E-state index is 0.500. The number of amides is 1. The van der Waals surface area contributed by atoms with Gasteiger partial charge in [0.1, 0.15) is 5.75 Å². The highest BCUT2D eigenvalue weighted by Gasteiger charge is 2.16. The van der Waals surface area contributed by atoms with Crippen LogP contribution in [-0.4, -0.2) is 24.3 Å². The second-order valence-electron chi connectivity index (χ2n) is 4.46. The van der Waals surface area contributed by atoms with Crippen LogP contribution in [0, 0.1) is 0 Å². The number of hydrogen-bond donors (Lipinski definition) is 2. The second-order valence-corrected chi connectivity index (χ2v) is 5.38. The normalized spacial score (nSPS) is 12.1. The molecule has 22 heavy (non-hydrogen) atoms. The summed E-state index contributed by atoms with van der Waals surface area (Å²) in [4.78, 5) is 11.8. The topological polar surface area (TPSA) is 70.9 Å². The Morgan fingerprint density at radius 1 is 1.23 bits per heavy atom. The van der Waals surface area contributed by atoms with Crippen LogP contribution in [0.5, 0.6) is 5.75 Å². The highest BCUT2D eigenvalue weighted by atomic mass is 79.9. The lowest BCUT2D eigenvalue weighted by atomic mass is 10.1. The molecule has 0 heterocycles. The summed E-state index contributed by atoms with van der Waals surface area (Å²) in [6.07, 6.45) is 0.229. The average Bonchev–Trinajstić information content (AvgIpc) is 2.55. The van der Waals surface area contributed by atoms with E-state index < -0.39 is 12.0 Å². The van der Waals surface area contributed by atoms with Gasteiger partial charge >= 0.3 is 0 Å². The number of nitrogens with one attached hydrogen (secondary N) is 1. The third-order valence-electron chi connectivity index (χ3n) is 2.94. The molecule has 0 spiro atoms. The Bertz CT molecular complexity index is 654. The van der Waals surface area contributed by atoms with Gasteiger partial charge in [-0.3, -0.25) is 4.79 Å². The molecule has 114 valence electrons. The molecule has 1 atom stereocenters. The van der Waals surface area contributed by atoms with Crippen molar-refractivity contribution in [2.45, 2.75) is 6.10 Å². The van der Waals surface area contributed by atoms with E-state index in [1.165, 1.54) is 6.21 Å². The number of ether oxygens (including phenoxy) is 1. The average molecular weight is 363 g/mol. The molecule has 0 aliphatic heterocycles. The largest absolute Gasteiger partial charge is 0.497 e. The number of benzene rings is 2. The maximum atomic E-state index is 11.8. The molecule has 0 aliphatic rings. The Labute approximate surface area is 136 Å². The molecule has 0 saturated heterocycles. The summed E-state index contributed by atoms with van der Waals surface area (Å²) in [6, 6.07) is 14.0. The van der Waals surface area contributed by atoms with Crippen LogP contribution in [0.25, 0.3) is 0 Å². The predicted molar refractivity (Wildman–Crippen MR) is 87.8 cm³/mol.